The molecule has 0 aliphatic rings. The zero-order valence-corrected chi connectivity index (χ0v) is 21.2. The Morgan fingerprint density at radius 3 is 1.47 bits per heavy atom. The van der Waals surface area contributed by atoms with Crippen LogP contribution in [0.4, 0.5) is 0 Å². The van der Waals surface area contributed by atoms with Crippen LogP contribution in [-0.4, -0.2) is 61.5 Å². The lowest BCUT2D eigenvalue weighted by Crippen LogP contribution is -2.38. The van der Waals surface area contributed by atoms with Gasteiger partial charge in [-0.05, 0) is 13.8 Å². The zero-order valence-electron chi connectivity index (χ0n) is 21.2. The molecule has 2 atom stereocenters. The van der Waals surface area contributed by atoms with Crippen LogP contribution < -0.4 is 22.5 Å². The van der Waals surface area contributed by atoms with Gasteiger partial charge < -0.3 is 19.0 Å². The van der Waals surface area contributed by atoms with Gasteiger partial charge in [0, 0.05) is 28.2 Å². The summed E-state index contributed by atoms with van der Waals surface area (Å²) in [5.41, 5.74) is -1.30. The number of rotatable bonds is 4. The van der Waals surface area contributed by atoms with Crippen molar-refractivity contribution in [1.82, 2.24) is 37.4 Å². The van der Waals surface area contributed by atoms with Crippen LogP contribution in [-0.2, 0) is 42.5 Å². The predicted molar refractivity (Wildman–Crippen MR) is 136 cm³/mol. The number of aromatic nitrogens is 8. The molecule has 0 bridgehead atoms. The number of carbonyl (C=O) groups excluding carboxylic acids is 1. The molecule has 0 amide bonds. The number of fused-ring (bicyclic) bond motifs is 2. The van der Waals surface area contributed by atoms with Gasteiger partial charge in [-0.1, -0.05) is 7.43 Å². The second kappa shape index (κ2) is 10.7. The zero-order chi connectivity index (χ0) is 27.9. The maximum Gasteiger partial charge on any atom is 0.332 e. The van der Waals surface area contributed by atoms with Gasteiger partial charge in [-0.15, -0.1) is 0 Å². The van der Waals surface area contributed by atoms with E-state index in [1.165, 1.54) is 73.1 Å². The van der Waals surface area contributed by atoms with Crippen molar-refractivity contribution in [2.45, 2.75) is 33.4 Å². The van der Waals surface area contributed by atoms with E-state index in [-0.39, 0.29) is 29.8 Å². The van der Waals surface area contributed by atoms with Crippen LogP contribution in [0.2, 0.25) is 0 Å². The Kier molecular flexibility index (Phi) is 8.29. The lowest BCUT2D eigenvalue weighted by molar-refractivity contribution is -0.144. The maximum atomic E-state index is 12.1. The third kappa shape index (κ3) is 4.55. The van der Waals surface area contributed by atoms with Crippen molar-refractivity contribution in [3.63, 3.8) is 0 Å². The molecule has 0 aliphatic carbocycles. The Labute approximate surface area is 214 Å². The van der Waals surface area contributed by atoms with Crippen LogP contribution in [0.1, 0.15) is 33.4 Å². The van der Waals surface area contributed by atoms with Crippen molar-refractivity contribution in [2.24, 2.45) is 28.2 Å². The van der Waals surface area contributed by atoms with E-state index in [2.05, 4.69) is 14.7 Å². The van der Waals surface area contributed by atoms with Crippen molar-refractivity contribution in [3.8, 4) is 0 Å². The van der Waals surface area contributed by atoms with E-state index in [0.717, 1.165) is 9.13 Å². The molecule has 16 heteroatoms. The van der Waals surface area contributed by atoms with Crippen LogP contribution in [0.3, 0.4) is 0 Å². The van der Waals surface area contributed by atoms with Crippen molar-refractivity contribution in [3.05, 3.63) is 54.3 Å². The first-order chi connectivity index (χ1) is 17.3. The summed E-state index contributed by atoms with van der Waals surface area (Å²) in [4.78, 5) is 78.1. The molecule has 0 unspecified atom stereocenters. The monoisotopic (exact) mass is 534 g/mol. The fourth-order valence-electron chi connectivity index (χ4n) is 3.72. The topological polar surface area (TPSA) is 187 Å². The number of hydrogen-bond donors (Lipinski definition) is 1. The van der Waals surface area contributed by atoms with E-state index >= 15 is 0 Å². The Bertz CT molecular complexity index is 1780. The lowest BCUT2D eigenvalue weighted by atomic mass is 10.3. The minimum Gasteiger partial charge on any atom is -0.480 e. The van der Waals surface area contributed by atoms with Gasteiger partial charge in [-0.3, -0.25) is 27.9 Å². The van der Waals surface area contributed by atoms with Gasteiger partial charge in [0.1, 0.15) is 12.1 Å². The lowest BCUT2D eigenvalue weighted by Gasteiger charge is -2.12. The van der Waals surface area contributed by atoms with Gasteiger partial charge in [-0.2, -0.15) is 0 Å². The molecule has 16 nitrogen and oxygen atoms in total. The Balaban J connectivity index is 0.000000260. The van der Waals surface area contributed by atoms with Gasteiger partial charge in [-0.25, -0.2) is 29.1 Å². The second-order valence-corrected chi connectivity index (χ2v) is 8.27. The summed E-state index contributed by atoms with van der Waals surface area (Å²) in [6.07, 6.45) is 2.61. The first-order valence-corrected chi connectivity index (χ1v) is 10.8. The highest BCUT2D eigenvalue weighted by atomic mass is 16.5. The molecule has 0 aliphatic heterocycles. The molecule has 206 valence electrons. The molecule has 4 rings (SSSR count). The summed E-state index contributed by atoms with van der Waals surface area (Å²) >= 11 is 0. The molecule has 0 radical (unpaired) electrons. The van der Waals surface area contributed by atoms with Gasteiger partial charge in [0.25, 0.3) is 11.1 Å². The van der Waals surface area contributed by atoms with Crippen molar-refractivity contribution in [1.29, 1.82) is 0 Å². The number of nitrogens with zero attached hydrogens (tertiary/aromatic N) is 8. The van der Waals surface area contributed by atoms with Crippen LogP contribution in [0, 0.1) is 0 Å². The highest BCUT2D eigenvalue weighted by Crippen LogP contribution is 2.14. The number of aryl methyl sites for hydroxylation is 2. The third-order valence-corrected chi connectivity index (χ3v) is 6.08. The number of esters is 1. The summed E-state index contributed by atoms with van der Waals surface area (Å²) < 4.78 is 11.7. The van der Waals surface area contributed by atoms with E-state index in [1.807, 2.05) is 0 Å². The van der Waals surface area contributed by atoms with Crippen molar-refractivity contribution < 1.29 is 19.4 Å². The minimum absolute atomic E-state index is 0. The molecule has 4 heterocycles. The number of hydrogen-bond acceptors (Lipinski definition) is 9. The van der Waals surface area contributed by atoms with E-state index in [9.17, 15) is 28.8 Å². The SMILES string of the molecule is C.COC(=O)[C@H](C)n1cnc2c1c(=O)n(C)c(=O)n2C.C[C@@H](C(=O)O)n1cnc2c1c(=O)n(C)c(=O)n2C. The summed E-state index contributed by atoms with van der Waals surface area (Å²) in [7, 11) is 6.99. The van der Waals surface area contributed by atoms with Crippen LogP contribution in [0.5, 0.6) is 0 Å². The standard InChI is InChI=1S/C11H14N4O4.C10H12N4O4.CH4/c1-6(10(17)19-4)15-5-12-8-7(15)9(16)14(3)11(18)13(8)2;1-5(9(16)17)14-4-11-7-6(14)8(15)13(3)10(18)12(7)2;/h5-6H,1-4H3;4-5H,1-3H3,(H,16,17);1H4/t6-;5-;/m00./s1. The quantitative estimate of drug-likeness (QED) is 0.314. The van der Waals surface area contributed by atoms with Crippen LogP contribution in [0.25, 0.3) is 22.3 Å². The van der Waals surface area contributed by atoms with Gasteiger partial charge in [0.05, 0.1) is 19.8 Å². The minimum atomic E-state index is -1.08. The second-order valence-electron chi connectivity index (χ2n) is 8.27. The molecule has 38 heavy (non-hydrogen) atoms. The number of ether oxygens (including phenoxy) is 1. The fraction of sp³-hybridized carbons (Fsp3) is 0.455. The third-order valence-electron chi connectivity index (χ3n) is 6.08. The number of imidazole rings is 2. The van der Waals surface area contributed by atoms with Crippen LogP contribution >= 0.6 is 0 Å². The van der Waals surface area contributed by atoms with Gasteiger partial charge in [0.15, 0.2) is 22.3 Å². The first kappa shape index (κ1) is 29.5. The smallest absolute Gasteiger partial charge is 0.332 e. The van der Waals surface area contributed by atoms with Crippen LogP contribution in [0.15, 0.2) is 31.8 Å². The normalized spacial score (nSPS) is 12.4. The molecular weight excluding hydrogens is 504 g/mol. The summed E-state index contributed by atoms with van der Waals surface area (Å²) in [6.45, 7) is 3.03. The highest BCUT2D eigenvalue weighted by Gasteiger charge is 2.22. The molecule has 4 aromatic heterocycles. The predicted octanol–water partition coefficient (Wildman–Crippen LogP) is -1.12. The van der Waals surface area contributed by atoms with E-state index < -0.39 is 46.5 Å². The molecule has 0 aromatic carbocycles. The Morgan fingerprint density at radius 2 is 1.13 bits per heavy atom. The Hall–Kier alpha value is -4.76. The van der Waals surface area contributed by atoms with Gasteiger partial charge in [0.2, 0.25) is 0 Å². The molecule has 0 spiro atoms. The molecule has 0 saturated heterocycles. The van der Waals surface area contributed by atoms with Crippen molar-refractivity contribution in [2.75, 3.05) is 7.11 Å². The van der Waals surface area contributed by atoms with Gasteiger partial charge >= 0.3 is 23.3 Å². The summed E-state index contributed by atoms with van der Waals surface area (Å²) in [6, 6.07) is -1.62. The van der Waals surface area contributed by atoms with E-state index in [0.29, 0.717) is 0 Å². The molecule has 1 N–H and O–H groups in total. The number of carboxylic acid groups (broad SMARTS) is 1. The summed E-state index contributed by atoms with van der Waals surface area (Å²) in [5.74, 6) is -1.57. The molecule has 4 aromatic rings. The molecular formula is C22H30N8O8. The highest BCUT2D eigenvalue weighted by molar-refractivity contribution is 5.78. The van der Waals surface area contributed by atoms with E-state index in [1.54, 1.807) is 6.92 Å². The number of carbonyl (C=O) groups is 2. The fourth-order valence-corrected chi connectivity index (χ4v) is 3.72. The number of carboxylic acids is 1. The Morgan fingerprint density at radius 1 is 0.763 bits per heavy atom. The largest absolute Gasteiger partial charge is 0.480 e. The number of aliphatic carboxylic acids is 1. The van der Waals surface area contributed by atoms with E-state index in [4.69, 9.17) is 5.11 Å². The first-order valence-electron chi connectivity index (χ1n) is 10.8. The molecule has 0 saturated carbocycles. The average Bonchev–Trinajstić information content (AvgIpc) is 3.52. The maximum absolute atomic E-state index is 12.1. The number of methoxy groups -OCH3 is 1. The average molecular weight is 535 g/mol. The molecule has 0 fully saturated rings. The van der Waals surface area contributed by atoms with Crippen molar-refractivity contribution >= 4 is 34.3 Å². The summed E-state index contributed by atoms with van der Waals surface area (Å²) in [5, 5.41) is 8.97.